The average Bonchev–Trinajstić information content (AvgIpc) is 3.96. The Kier molecular flexibility index (Phi) is 7.55. The Hall–Kier alpha value is -5.88. The van der Waals surface area contributed by atoms with Gasteiger partial charge in [0.05, 0.1) is 45.2 Å². The van der Waals surface area contributed by atoms with Gasteiger partial charge in [0.1, 0.15) is 27.6 Å². The van der Waals surface area contributed by atoms with E-state index in [2.05, 4.69) is 198 Å². The van der Waals surface area contributed by atoms with E-state index in [0.717, 1.165) is 50.8 Å². The predicted octanol–water partition coefficient (Wildman–Crippen LogP) is 8.24. The molecule has 7 nitrogen and oxygen atoms in total. The van der Waals surface area contributed by atoms with Crippen LogP contribution in [0.2, 0.25) is 0 Å². The van der Waals surface area contributed by atoms with Gasteiger partial charge in [-0.25, -0.2) is 8.13 Å². The maximum absolute atomic E-state index is 5.04. The van der Waals surface area contributed by atoms with E-state index in [1.165, 1.54) is 20.7 Å². The molecule has 9 heteroatoms. The third kappa shape index (κ3) is 5.00. The minimum atomic E-state index is -2.61. The van der Waals surface area contributed by atoms with Crippen molar-refractivity contribution in [1.82, 2.24) is 15.1 Å². The first-order chi connectivity index (χ1) is 25.8. The molecule has 8 aromatic rings. The molecule has 0 saturated carbocycles. The maximum atomic E-state index is 5.04. The first-order valence-electron chi connectivity index (χ1n) is 17.2. The van der Waals surface area contributed by atoms with Crippen LogP contribution < -0.4 is 39.8 Å². The summed E-state index contributed by atoms with van der Waals surface area (Å²) in [5.41, 5.74) is 16.4. The summed E-state index contributed by atoms with van der Waals surface area (Å²) < 4.78 is 9.57. The molecule has 1 aromatic heterocycles. The fraction of sp³-hybridized carbons (Fsp3) is 0. The van der Waals surface area contributed by atoms with Crippen LogP contribution in [0.25, 0.3) is 16.7 Å². The first-order valence-corrected chi connectivity index (χ1v) is 21.2. The van der Waals surface area contributed by atoms with E-state index in [0.29, 0.717) is 0 Å². The highest BCUT2D eigenvalue weighted by atomic mass is 127. The van der Waals surface area contributed by atoms with Crippen LogP contribution >= 0.6 is 21.3 Å². The minimum Gasteiger partial charge on any atom is -0.301 e. The second kappa shape index (κ2) is 12.7. The summed E-state index contributed by atoms with van der Waals surface area (Å²) in [5.74, 6) is 0. The monoisotopic (exact) mass is 801 g/mol. The molecule has 2 aliphatic rings. The lowest BCUT2D eigenvalue weighted by molar-refractivity contribution is 0.864. The lowest BCUT2D eigenvalue weighted by atomic mass is 10.1. The van der Waals surface area contributed by atoms with Crippen LogP contribution in [-0.2, 0) is 0 Å². The number of nitrogens with one attached hydrogen (secondary N) is 2. The van der Waals surface area contributed by atoms with Gasteiger partial charge >= 0.3 is 0 Å². The van der Waals surface area contributed by atoms with Crippen LogP contribution in [0.3, 0.4) is 0 Å². The van der Waals surface area contributed by atoms with Gasteiger partial charge in [0.25, 0.3) is 0 Å². The zero-order valence-electron chi connectivity index (χ0n) is 27.9. The lowest BCUT2D eigenvalue weighted by Gasteiger charge is -2.47. The second-order valence-corrected chi connectivity index (χ2v) is 18.6. The standard InChI is InChI=1S/C43H32IN7Si/c1-5-13-31(14-6-1)49-30-45-38-26-23-33(27-41(38)49)50-42-29-43-40(28-39(42)46-44-50)47-48-51(43)32-21-24-37(25-22-32)52(34-15-7-2-8-16-34,35-17-9-3-10-18-35)36-19-11-4-12-20-36/h1-30,47-48H/q-1. The number of aromatic nitrogens is 2. The zero-order chi connectivity index (χ0) is 34.5. The van der Waals surface area contributed by atoms with Crippen molar-refractivity contribution in [2.75, 3.05) is 13.5 Å². The SMILES string of the molecule is c1ccc(-n2cnc3ccc(N4I=Nc5cc6c(cc54)N(c4ccc([Si-](c5ccccc5)(c5ccccc5)c5ccccc5)cc4)NN6)cc32)cc1. The summed E-state index contributed by atoms with van der Waals surface area (Å²) in [6.07, 6.45) is 1.90. The number of rotatable bonds is 7. The van der Waals surface area contributed by atoms with Gasteiger partial charge < -0.3 is 5.43 Å². The molecule has 0 radical (unpaired) electrons. The highest BCUT2D eigenvalue weighted by molar-refractivity contribution is 14.2. The van der Waals surface area contributed by atoms with Crippen molar-refractivity contribution in [1.29, 1.82) is 0 Å². The molecule has 0 unspecified atom stereocenters. The fourth-order valence-corrected chi connectivity index (χ4v) is 14.3. The van der Waals surface area contributed by atoms with Gasteiger partial charge in [0, 0.05) is 5.69 Å². The van der Waals surface area contributed by atoms with Crippen LogP contribution in [0.4, 0.5) is 34.1 Å². The first kappa shape index (κ1) is 30.9. The van der Waals surface area contributed by atoms with Gasteiger partial charge in [-0.05, 0) is 62.7 Å². The van der Waals surface area contributed by atoms with Crippen LogP contribution in [-0.4, -0.2) is 17.6 Å². The van der Waals surface area contributed by atoms with E-state index < -0.39 is 29.4 Å². The normalized spacial score (nSPS) is 13.5. The Labute approximate surface area is 313 Å². The van der Waals surface area contributed by atoms with Crippen LogP contribution in [0, 0.1) is 0 Å². The van der Waals surface area contributed by atoms with Gasteiger partial charge in [0.2, 0.25) is 0 Å². The van der Waals surface area contributed by atoms with Crippen molar-refractivity contribution in [3.8, 4) is 5.69 Å². The largest absolute Gasteiger partial charge is 0.301 e. The number of anilines is 5. The second-order valence-electron chi connectivity index (χ2n) is 12.9. The van der Waals surface area contributed by atoms with E-state index >= 15 is 0 Å². The Morgan fingerprint density at radius 1 is 0.519 bits per heavy atom. The quantitative estimate of drug-likeness (QED) is 0.0737. The summed E-state index contributed by atoms with van der Waals surface area (Å²) in [7, 11) is -2.61. The molecule has 0 bridgehead atoms. The van der Waals surface area contributed by atoms with E-state index in [1.54, 1.807) is 0 Å². The van der Waals surface area contributed by atoms with Crippen molar-refractivity contribution in [3.05, 3.63) is 182 Å². The lowest BCUT2D eigenvalue weighted by Crippen LogP contribution is -2.74. The number of hydrogen-bond acceptors (Lipinski definition) is 6. The number of halogens is 1. The minimum absolute atomic E-state index is 0.635. The number of hydrazine groups is 2. The number of nitrogens with zero attached hydrogens (tertiary/aromatic N) is 5. The van der Waals surface area contributed by atoms with E-state index in [-0.39, 0.29) is 0 Å². The molecular weight excluding hydrogens is 770 g/mol. The predicted molar refractivity (Wildman–Crippen MR) is 225 cm³/mol. The summed E-state index contributed by atoms with van der Waals surface area (Å²) in [6, 6.07) is 63.6. The Morgan fingerprint density at radius 3 is 1.73 bits per heavy atom. The van der Waals surface area contributed by atoms with Gasteiger partial charge in [-0.3, -0.25) is 12.7 Å². The highest BCUT2D eigenvalue weighted by Gasteiger charge is 2.30. The molecule has 2 N–H and O–H groups in total. The van der Waals surface area contributed by atoms with Gasteiger partial charge in [0.15, 0.2) is 0 Å². The van der Waals surface area contributed by atoms with Crippen LogP contribution in [0.15, 0.2) is 185 Å². The van der Waals surface area contributed by atoms with Gasteiger partial charge in [-0.15, -0.1) is 5.53 Å². The fourth-order valence-electron chi connectivity index (χ4n) is 7.60. The number of hydrogen-bond donors (Lipinski definition) is 2. The summed E-state index contributed by atoms with van der Waals surface area (Å²) in [5, 5.41) is 7.55. The summed E-state index contributed by atoms with van der Waals surface area (Å²) in [4.78, 5) is 4.68. The van der Waals surface area contributed by atoms with Crippen LogP contribution in [0.5, 0.6) is 0 Å². The molecule has 0 aliphatic carbocycles. The number of para-hydroxylation sites is 1. The molecule has 3 heterocycles. The third-order valence-electron chi connectivity index (χ3n) is 10.0. The Balaban J connectivity index is 1.03. The molecular formula is C43H32IN7Si-. The van der Waals surface area contributed by atoms with Gasteiger partial charge in [-0.2, -0.15) is 20.7 Å². The zero-order valence-corrected chi connectivity index (χ0v) is 31.1. The molecule has 2 aliphatic heterocycles. The molecule has 0 spiro atoms. The maximum Gasteiger partial charge on any atom is 0.126 e. The molecule has 52 heavy (non-hydrogen) atoms. The van der Waals surface area contributed by atoms with E-state index in [9.17, 15) is 0 Å². The van der Waals surface area contributed by atoms with Crippen molar-refractivity contribution >= 4 is 95.3 Å². The molecule has 0 saturated heterocycles. The average molecular weight is 802 g/mol. The van der Waals surface area contributed by atoms with Crippen molar-refractivity contribution in [3.63, 3.8) is 0 Å². The number of benzene rings is 7. The molecule has 0 amide bonds. The highest BCUT2D eigenvalue weighted by Crippen LogP contribution is 2.52. The summed E-state index contributed by atoms with van der Waals surface area (Å²) >= 11 is -0.635. The van der Waals surface area contributed by atoms with Crippen LogP contribution in [0.1, 0.15) is 0 Å². The van der Waals surface area contributed by atoms with Crippen molar-refractivity contribution in [2.24, 2.45) is 3.15 Å². The number of fused-ring (bicyclic) bond motifs is 3. The number of imidazole rings is 1. The molecule has 7 aromatic carbocycles. The summed E-state index contributed by atoms with van der Waals surface area (Å²) in [6.45, 7) is 0. The van der Waals surface area contributed by atoms with E-state index in [1.807, 2.05) is 12.4 Å². The smallest absolute Gasteiger partial charge is 0.126 e. The Morgan fingerprint density at radius 2 is 1.10 bits per heavy atom. The molecule has 0 fully saturated rings. The molecule has 0 atom stereocenters. The molecule has 251 valence electrons. The van der Waals surface area contributed by atoms with E-state index in [4.69, 9.17) is 3.15 Å². The van der Waals surface area contributed by atoms with Crippen molar-refractivity contribution in [2.45, 2.75) is 0 Å². The van der Waals surface area contributed by atoms with Gasteiger partial charge in [-0.1, -0.05) is 121 Å². The van der Waals surface area contributed by atoms with Crippen molar-refractivity contribution < 1.29 is 0 Å². The third-order valence-corrected chi connectivity index (χ3v) is 17.1. The topological polar surface area (TPSA) is 60.7 Å². The Bertz CT molecular complexity index is 2480. The molecule has 10 rings (SSSR count).